The van der Waals surface area contributed by atoms with Crippen molar-refractivity contribution in [2.75, 3.05) is 17.8 Å². The standard InChI is InChI=1S/C25H25N5O7S/c1-5-6-11-38-25-26-23(33)21-17-9-7-8-10-19(17)28(14(2)31)24(29(21)27-25)18-12-16(36-4)13-20(30(34)35)22(18)37-15(3)32/h7-10,12-13,24H,5-6,11H2,1-4H3/p+1. The highest BCUT2D eigenvalue weighted by Crippen LogP contribution is 2.44. The third-order valence-corrected chi connectivity index (χ3v) is 6.81. The smallest absolute Gasteiger partial charge is 0.325 e. The van der Waals surface area contributed by atoms with Gasteiger partial charge in [0.1, 0.15) is 5.75 Å². The highest BCUT2D eigenvalue weighted by atomic mass is 32.2. The number of rotatable bonds is 8. The fourth-order valence-corrected chi connectivity index (χ4v) is 5.22. The summed E-state index contributed by atoms with van der Waals surface area (Å²) in [7, 11) is 1.33. The van der Waals surface area contributed by atoms with Crippen molar-refractivity contribution in [3.8, 4) is 22.8 Å². The minimum Gasteiger partial charge on any atom is -0.496 e. The Kier molecular flexibility index (Phi) is 7.76. The lowest BCUT2D eigenvalue weighted by Crippen LogP contribution is -2.60. The maximum Gasteiger partial charge on any atom is 0.325 e. The van der Waals surface area contributed by atoms with Crippen molar-refractivity contribution in [3.63, 3.8) is 0 Å². The number of nitro groups is 1. The molecule has 1 aliphatic rings. The Morgan fingerprint density at radius 3 is 2.63 bits per heavy atom. The Balaban J connectivity index is 2.11. The van der Waals surface area contributed by atoms with Gasteiger partial charge < -0.3 is 9.47 Å². The molecule has 0 bridgehead atoms. The molecule has 1 amide bonds. The van der Waals surface area contributed by atoms with E-state index >= 15 is 0 Å². The number of carbonyl (C=O) groups is 2. The third kappa shape index (κ3) is 4.96. The van der Waals surface area contributed by atoms with E-state index in [-0.39, 0.29) is 22.8 Å². The molecule has 2 aromatic carbocycles. The molecule has 198 valence electrons. The van der Waals surface area contributed by atoms with Crippen molar-refractivity contribution in [2.24, 2.45) is 0 Å². The van der Waals surface area contributed by atoms with Gasteiger partial charge >= 0.3 is 22.9 Å². The first-order valence-corrected chi connectivity index (χ1v) is 12.8. The first-order chi connectivity index (χ1) is 18.2. The Bertz CT molecular complexity index is 1490. The van der Waals surface area contributed by atoms with Crippen molar-refractivity contribution in [3.05, 3.63) is 62.4 Å². The Labute approximate surface area is 221 Å². The number of H-pyrrole nitrogens is 1. The molecule has 1 N–H and O–H groups in total. The molecule has 0 radical (unpaired) electrons. The van der Waals surface area contributed by atoms with Gasteiger partial charge in [-0.05, 0) is 29.3 Å². The van der Waals surface area contributed by atoms with E-state index in [0.717, 1.165) is 25.8 Å². The molecule has 38 heavy (non-hydrogen) atoms. The van der Waals surface area contributed by atoms with Crippen LogP contribution < -0.4 is 24.6 Å². The number of aromatic nitrogens is 3. The van der Waals surface area contributed by atoms with E-state index in [1.165, 1.54) is 41.4 Å². The molecular formula is C25H26N5O7S+. The van der Waals surface area contributed by atoms with Crippen molar-refractivity contribution < 1.29 is 28.7 Å². The topological polar surface area (TPSA) is 149 Å². The number of amides is 1. The molecule has 0 saturated heterocycles. The number of para-hydroxylation sites is 1. The lowest BCUT2D eigenvalue weighted by Gasteiger charge is -2.31. The Morgan fingerprint density at radius 1 is 1.26 bits per heavy atom. The molecule has 0 spiro atoms. The zero-order valence-corrected chi connectivity index (χ0v) is 22.0. The van der Waals surface area contributed by atoms with Crippen LogP contribution in [0.25, 0.3) is 11.3 Å². The van der Waals surface area contributed by atoms with Gasteiger partial charge in [-0.2, -0.15) is 0 Å². The number of nitrogens with zero attached hydrogens (tertiary/aromatic N) is 4. The van der Waals surface area contributed by atoms with E-state index in [4.69, 9.17) is 9.47 Å². The van der Waals surface area contributed by atoms with Crippen LogP contribution in [0.4, 0.5) is 11.4 Å². The summed E-state index contributed by atoms with van der Waals surface area (Å²) in [5.74, 6) is -0.818. The second-order valence-corrected chi connectivity index (χ2v) is 9.53. The fourth-order valence-electron chi connectivity index (χ4n) is 4.28. The average Bonchev–Trinajstić information content (AvgIpc) is 2.87. The first-order valence-electron chi connectivity index (χ1n) is 11.8. The van der Waals surface area contributed by atoms with Gasteiger partial charge in [0, 0.05) is 24.7 Å². The summed E-state index contributed by atoms with van der Waals surface area (Å²) in [5.41, 5.74) is 0.0340. The van der Waals surface area contributed by atoms with Gasteiger partial charge in [-0.15, -0.1) is 0 Å². The Morgan fingerprint density at radius 2 is 2.00 bits per heavy atom. The van der Waals surface area contributed by atoms with E-state index in [0.29, 0.717) is 22.2 Å². The summed E-state index contributed by atoms with van der Waals surface area (Å²) in [6, 6.07) is 9.35. The molecule has 1 aliphatic heterocycles. The molecular weight excluding hydrogens is 514 g/mol. The monoisotopic (exact) mass is 540 g/mol. The fraction of sp³-hybridized carbons (Fsp3) is 0.320. The predicted molar refractivity (Wildman–Crippen MR) is 138 cm³/mol. The zero-order chi connectivity index (χ0) is 27.6. The van der Waals surface area contributed by atoms with Crippen LogP contribution in [0.15, 0.2) is 46.3 Å². The summed E-state index contributed by atoms with van der Waals surface area (Å²) < 4.78 is 12.0. The molecule has 3 aromatic rings. The van der Waals surface area contributed by atoms with Gasteiger partial charge in [0.25, 0.3) is 6.17 Å². The van der Waals surface area contributed by atoms with Crippen molar-refractivity contribution in [1.82, 2.24) is 10.1 Å². The highest BCUT2D eigenvalue weighted by Gasteiger charge is 2.47. The van der Waals surface area contributed by atoms with Gasteiger partial charge in [-0.3, -0.25) is 29.5 Å². The van der Waals surface area contributed by atoms with Gasteiger partial charge in [-0.1, -0.05) is 37.2 Å². The van der Waals surface area contributed by atoms with Crippen LogP contribution in [0, 0.1) is 10.1 Å². The van der Waals surface area contributed by atoms with E-state index in [1.807, 2.05) is 6.92 Å². The van der Waals surface area contributed by atoms with Gasteiger partial charge in [0.15, 0.2) is 0 Å². The number of nitrogens with one attached hydrogen (secondary N) is 1. The molecule has 13 heteroatoms. The summed E-state index contributed by atoms with van der Waals surface area (Å²) in [4.78, 5) is 54.1. The molecule has 1 atom stereocenters. The molecule has 1 aromatic heterocycles. The molecule has 2 heterocycles. The number of ether oxygens (including phenoxy) is 2. The van der Waals surface area contributed by atoms with E-state index in [2.05, 4.69) is 10.1 Å². The number of unbranched alkanes of at least 4 members (excludes halogenated alkanes) is 1. The number of benzene rings is 2. The largest absolute Gasteiger partial charge is 0.496 e. The summed E-state index contributed by atoms with van der Waals surface area (Å²) >= 11 is 1.34. The van der Waals surface area contributed by atoms with Gasteiger partial charge in [0.2, 0.25) is 16.8 Å². The number of aromatic amines is 1. The highest BCUT2D eigenvalue weighted by molar-refractivity contribution is 7.99. The van der Waals surface area contributed by atoms with E-state index < -0.39 is 34.2 Å². The van der Waals surface area contributed by atoms with Crippen LogP contribution in [0.2, 0.25) is 0 Å². The van der Waals surface area contributed by atoms with Crippen molar-refractivity contribution in [1.29, 1.82) is 0 Å². The lowest BCUT2D eigenvalue weighted by atomic mass is 10.00. The zero-order valence-electron chi connectivity index (χ0n) is 21.2. The van der Waals surface area contributed by atoms with Crippen LogP contribution in [0.1, 0.15) is 45.3 Å². The number of carbonyl (C=O) groups excluding carboxylic acids is 2. The molecule has 0 fully saturated rings. The number of hydrogen-bond acceptors (Lipinski definition) is 9. The lowest BCUT2D eigenvalue weighted by molar-refractivity contribution is -0.763. The number of methoxy groups -OCH3 is 1. The average molecular weight is 541 g/mol. The van der Waals surface area contributed by atoms with Crippen molar-refractivity contribution in [2.45, 2.75) is 44.9 Å². The van der Waals surface area contributed by atoms with Crippen LogP contribution in [-0.4, -0.2) is 39.7 Å². The summed E-state index contributed by atoms with van der Waals surface area (Å²) in [6.07, 6.45) is 0.622. The van der Waals surface area contributed by atoms with Crippen LogP contribution in [-0.2, 0) is 9.59 Å². The first kappa shape index (κ1) is 26.8. The number of fused-ring (bicyclic) bond motifs is 3. The SMILES string of the molecule is CCCCSc1n[n+]2c(c(=O)[nH]1)-c1ccccc1N(C(C)=O)C2c1cc(OC)cc([N+](=O)[O-])c1OC(C)=O. The molecule has 0 saturated carbocycles. The second kappa shape index (κ2) is 11.0. The van der Waals surface area contributed by atoms with Crippen molar-refractivity contribution >= 4 is 35.0 Å². The molecule has 4 rings (SSSR count). The molecule has 1 unspecified atom stereocenters. The van der Waals surface area contributed by atoms with Gasteiger partial charge in [-0.25, -0.2) is 4.90 Å². The molecule has 12 nitrogen and oxygen atoms in total. The summed E-state index contributed by atoms with van der Waals surface area (Å²) in [6.45, 7) is 4.49. The van der Waals surface area contributed by atoms with E-state index in [1.54, 1.807) is 24.3 Å². The van der Waals surface area contributed by atoms with E-state index in [9.17, 15) is 24.5 Å². The second-order valence-electron chi connectivity index (χ2n) is 8.45. The third-order valence-electron chi connectivity index (χ3n) is 5.86. The minimum atomic E-state index is -1.21. The quantitative estimate of drug-likeness (QED) is 0.0863. The normalized spacial score (nSPS) is 13.9. The number of thioether (sulfide) groups is 1. The van der Waals surface area contributed by atoms with Crippen LogP contribution in [0.3, 0.4) is 0 Å². The molecule has 0 aliphatic carbocycles. The number of esters is 1. The van der Waals surface area contributed by atoms with Gasteiger partial charge in [0.05, 0.1) is 34.9 Å². The van der Waals surface area contributed by atoms with Crippen LogP contribution >= 0.6 is 11.8 Å². The Hall–Kier alpha value is -4.26. The predicted octanol–water partition coefficient (Wildman–Crippen LogP) is 3.37. The summed E-state index contributed by atoms with van der Waals surface area (Å²) in [5, 5.41) is 17.0. The maximum atomic E-state index is 13.4. The minimum absolute atomic E-state index is 0.0461. The number of nitro benzene ring substituents is 1. The number of anilines is 1. The maximum absolute atomic E-state index is 13.4. The van der Waals surface area contributed by atoms with Crippen LogP contribution in [0.5, 0.6) is 11.5 Å². The number of hydrogen-bond donors (Lipinski definition) is 1.